The van der Waals surface area contributed by atoms with Crippen molar-refractivity contribution in [2.45, 2.75) is 13.1 Å². The molecule has 24 heavy (non-hydrogen) atoms. The average molecular weight is 320 g/mol. The molecule has 0 amide bonds. The third-order valence-electron chi connectivity index (χ3n) is 3.65. The molecule has 0 saturated carbocycles. The van der Waals surface area contributed by atoms with Crippen LogP contribution in [0, 0.1) is 4.91 Å². The average Bonchev–Trinajstić information content (AvgIpc) is 2.63. The molecular formula is C19H16N2O3. The number of benzene rings is 2. The summed E-state index contributed by atoms with van der Waals surface area (Å²) in [4.78, 5) is 21.8. The summed E-state index contributed by atoms with van der Waals surface area (Å²) in [5, 5.41) is 5.80. The summed E-state index contributed by atoms with van der Waals surface area (Å²) in [6.07, 6.45) is 1.08. The van der Waals surface area contributed by atoms with Gasteiger partial charge in [0, 0.05) is 12.6 Å². The van der Waals surface area contributed by atoms with Gasteiger partial charge in [0.2, 0.25) is 5.43 Å². The second kappa shape index (κ2) is 7.48. The van der Waals surface area contributed by atoms with Gasteiger partial charge in [-0.15, -0.1) is 4.91 Å². The summed E-state index contributed by atoms with van der Waals surface area (Å²) < 4.78 is 5.19. The molecule has 120 valence electrons. The molecule has 0 aliphatic rings. The van der Waals surface area contributed by atoms with E-state index in [2.05, 4.69) is 46.9 Å². The number of rotatable bonds is 6. The van der Waals surface area contributed by atoms with Gasteiger partial charge < -0.3 is 9.73 Å². The predicted octanol–water partition coefficient (Wildman–Crippen LogP) is 3.99. The fourth-order valence-corrected chi connectivity index (χ4v) is 2.38. The van der Waals surface area contributed by atoms with E-state index >= 15 is 0 Å². The third kappa shape index (κ3) is 3.83. The van der Waals surface area contributed by atoms with Crippen LogP contribution in [0.2, 0.25) is 0 Å². The van der Waals surface area contributed by atoms with Gasteiger partial charge in [-0.25, -0.2) is 0 Å². The molecule has 1 aromatic heterocycles. The summed E-state index contributed by atoms with van der Waals surface area (Å²) in [7, 11) is 0. The zero-order valence-corrected chi connectivity index (χ0v) is 12.9. The molecule has 5 nitrogen and oxygen atoms in total. The van der Waals surface area contributed by atoms with Crippen molar-refractivity contribution in [2.75, 3.05) is 0 Å². The zero-order valence-electron chi connectivity index (χ0n) is 12.9. The number of nitrogens with zero attached hydrogens (tertiary/aromatic N) is 1. The third-order valence-corrected chi connectivity index (χ3v) is 3.65. The van der Waals surface area contributed by atoms with Crippen LogP contribution in [-0.2, 0) is 13.1 Å². The van der Waals surface area contributed by atoms with Crippen molar-refractivity contribution in [1.29, 1.82) is 0 Å². The Hall–Kier alpha value is -3.05. The van der Waals surface area contributed by atoms with Crippen LogP contribution in [0.1, 0.15) is 11.3 Å². The number of hydrogen-bond donors (Lipinski definition) is 1. The molecule has 0 unspecified atom stereocenters. The van der Waals surface area contributed by atoms with E-state index in [0.717, 1.165) is 11.8 Å². The van der Waals surface area contributed by atoms with E-state index in [0.29, 0.717) is 18.8 Å². The first-order chi connectivity index (χ1) is 11.8. The number of nitrogens with one attached hydrogen (secondary N) is 1. The van der Waals surface area contributed by atoms with Gasteiger partial charge >= 0.3 is 0 Å². The second-order valence-corrected chi connectivity index (χ2v) is 5.35. The van der Waals surface area contributed by atoms with Crippen molar-refractivity contribution in [3.05, 3.63) is 93.4 Å². The van der Waals surface area contributed by atoms with Gasteiger partial charge in [-0.05, 0) is 21.9 Å². The van der Waals surface area contributed by atoms with Crippen molar-refractivity contribution < 1.29 is 4.42 Å². The minimum Gasteiger partial charge on any atom is -0.465 e. The smallest absolute Gasteiger partial charge is 0.214 e. The van der Waals surface area contributed by atoms with Gasteiger partial charge in [-0.2, -0.15) is 0 Å². The highest BCUT2D eigenvalue weighted by Gasteiger charge is 2.03. The molecule has 0 fully saturated rings. The Labute approximate surface area is 138 Å². The molecule has 2 aromatic carbocycles. The van der Waals surface area contributed by atoms with Gasteiger partial charge in [0.25, 0.3) is 0 Å². The highest BCUT2D eigenvalue weighted by molar-refractivity contribution is 5.63. The quantitative estimate of drug-likeness (QED) is 0.697. The van der Waals surface area contributed by atoms with Crippen LogP contribution in [0.15, 0.2) is 81.3 Å². The molecule has 3 rings (SSSR count). The van der Waals surface area contributed by atoms with E-state index in [4.69, 9.17) is 4.42 Å². The van der Waals surface area contributed by atoms with Crippen LogP contribution < -0.4 is 10.7 Å². The maximum atomic E-state index is 11.5. The molecule has 0 aliphatic carbocycles. The minimum absolute atomic E-state index is 0.213. The maximum absolute atomic E-state index is 11.5. The number of hydrogen-bond acceptors (Lipinski definition) is 5. The van der Waals surface area contributed by atoms with E-state index in [-0.39, 0.29) is 5.69 Å². The Kier molecular flexibility index (Phi) is 4.93. The molecule has 0 bridgehead atoms. The molecule has 0 atom stereocenters. The standard InChI is InChI=1S/C19H16N2O3/c22-19-10-17(24-13-18(19)21-23)12-20-11-14-6-8-16(9-7-14)15-4-2-1-3-5-15/h1-10,13,20H,11-12H2. The minimum atomic E-state index is -0.430. The Bertz CT molecular complexity index is 871. The van der Waals surface area contributed by atoms with Crippen molar-refractivity contribution in [3.63, 3.8) is 0 Å². The lowest BCUT2D eigenvalue weighted by atomic mass is 10.0. The zero-order chi connectivity index (χ0) is 16.8. The first kappa shape index (κ1) is 15.8. The van der Waals surface area contributed by atoms with Gasteiger partial charge in [-0.1, -0.05) is 54.6 Å². The molecule has 0 aliphatic heterocycles. The van der Waals surface area contributed by atoms with Gasteiger partial charge in [0.15, 0.2) is 5.69 Å². The van der Waals surface area contributed by atoms with Crippen LogP contribution in [-0.4, -0.2) is 0 Å². The summed E-state index contributed by atoms with van der Waals surface area (Å²) in [5.74, 6) is 0.466. The van der Waals surface area contributed by atoms with Crippen molar-refractivity contribution in [3.8, 4) is 11.1 Å². The highest BCUT2D eigenvalue weighted by atomic mass is 16.3. The van der Waals surface area contributed by atoms with Crippen molar-refractivity contribution in [2.24, 2.45) is 5.18 Å². The maximum Gasteiger partial charge on any atom is 0.214 e. The molecule has 0 spiro atoms. The lowest BCUT2D eigenvalue weighted by Crippen LogP contribution is -2.14. The van der Waals surface area contributed by atoms with E-state index in [1.165, 1.54) is 17.2 Å². The molecule has 5 heteroatoms. The Morgan fingerprint density at radius 3 is 2.29 bits per heavy atom. The monoisotopic (exact) mass is 320 g/mol. The second-order valence-electron chi connectivity index (χ2n) is 5.35. The van der Waals surface area contributed by atoms with Crippen LogP contribution in [0.3, 0.4) is 0 Å². The lowest BCUT2D eigenvalue weighted by Gasteiger charge is -2.06. The molecule has 0 radical (unpaired) electrons. The summed E-state index contributed by atoms with van der Waals surface area (Å²) >= 11 is 0. The Morgan fingerprint density at radius 1 is 0.917 bits per heavy atom. The van der Waals surface area contributed by atoms with Crippen LogP contribution in [0.5, 0.6) is 0 Å². The summed E-state index contributed by atoms with van der Waals surface area (Å²) in [6, 6.07) is 19.7. The van der Waals surface area contributed by atoms with Crippen molar-refractivity contribution in [1.82, 2.24) is 5.32 Å². The molecular weight excluding hydrogens is 304 g/mol. The fourth-order valence-electron chi connectivity index (χ4n) is 2.38. The van der Waals surface area contributed by atoms with Crippen molar-refractivity contribution >= 4 is 5.69 Å². The number of nitroso groups, excluding NO2 is 1. The summed E-state index contributed by atoms with van der Waals surface area (Å²) in [5.41, 5.74) is 2.84. The Morgan fingerprint density at radius 2 is 1.62 bits per heavy atom. The van der Waals surface area contributed by atoms with E-state index in [1.54, 1.807) is 0 Å². The van der Waals surface area contributed by atoms with Gasteiger partial charge in [0.1, 0.15) is 12.0 Å². The Balaban J connectivity index is 1.58. The van der Waals surface area contributed by atoms with Crippen LogP contribution in [0.4, 0.5) is 5.69 Å². The summed E-state index contributed by atoms with van der Waals surface area (Å²) in [6.45, 7) is 1.04. The highest BCUT2D eigenvalue weighted by Crippen LogP contribution is 2.19. The van der Waals surface area contributed by atoms with Crippen LogP contribution in [0.25, 0.3) is 11.1 Å². The van der Waals surface area contributed by atoms with E-state index in [1.807, 2.05) is 18.2 Å². The first-order valence-corrected chi connectivity index (χ1v) is 7.56. The topological polar surface area (TPSA) is 71.7 Å². The molecule has 1 N–H and O–H groups in total. The van der Waals surface area contributed by atoms with Crippen LogP contribution >= 0.6 is 0 Å². The van der Waals surface area contributed by atoms with Gasteiger partial charge in [0.05, 0.1) is 6.54 Å². The fraction of sp³-hybridized carbons (Fsp3) is 0.105. The molecule has 1 heterocycles. The van der Waals surface area contributed by atoms with E-state index < -0.39 is 5.43 Å². The normalized spacial score (nSPS) is 10.5. The predicted molar refractivity (Wildman–Crippen MR) is 92.9 cm³/mol. The van der Waals surface area contributed by atoms with Gasteiger partial charge in [-0.3, -0.25) is 4.79 Å². The molecule has 3 aromatic rings. The first-order valence-electron chi connectivity index (χ1n) is 7.56. The SMILES string of the molecule is O=Nc1coc(CNCc2ccc(-c3ccccc3)cc2)cc1=O. The largest absolute Gasteiger partial charge is 0.465 e. The lowest BCUT2D eigenvalue weighted by molar-refractivity contribution is 0.467. The van der Waals surface area contributed by atoms with E-state index in [9.17, 15) is 9.70 Å². The molecule has 0 saturated heterocycles.